The van der Waals surface area contributed by atoms with Crippen molar-refractivity contribution in [3.63, 3.8) is 0 Å². The SMILES string of the molecule is CN1c2ccccc2N(Cc2ccccc2-c2ccccc2)S1(=O)=O. The molecule has 0 N–H and O–H groups in total. The maximum absolute atomic E-state index is 12.9. The molecule has 1 aliphatic rings. The summed E-state index contributed by atoms with van der Waals surface area (Å²) in [6.45, 7) is 0.300. The summed E-state index contributed by atoms with van der Waals surface area (Å²) < 4.78 is 28.5. The second-order valence-electron chi connectivity index (χ2n) is 5.99. The summed E-state index contributed by atoms with van der Waals surface area (Å²) >= 11 is 0. The minimum Gasteiger partial charge on any atom is -0.254 e. The highest BCUT2D eigenvalue weighted by atomic mass is 32.2. The lowest BCUT2D eigenvalue weighted by atomic mass is 9.99. The lowest BCUT2D eigenvalue weighted by Crippen LogP contribution is -2.35. The van der Waals surface area contributed by atoms with E-state index in [1.165, 1.54) is 8.61 Å². The first-order valence-corrected chi connectivity index (χ1v) is 9.48. The number of hydrogen-bond acceptors (Lipinski definition) is 2. The molecule has 4 nitrogen and oxygen atoms in total. The maximum Gasteiger partial charge on any atom is 0.326 e. The Hall–Kier alpha value is -2.79. The lowest BCUT2D eigenvalue weighted by molar-refractivity contribution is 0.592. The summed E-state index contributed by atoms with van der Waals surface area (Å²) in [5.74, 6) is 0. The van der Waals surface area contributed by atoms with E-state index < -0.39 is 10.2 Å². The summed E-state index contributed by atoms with van der Waals surface area (Å²) in [4.78, 5) is 0. The molecule has 0 radical (unpaired) electrons. The van der Waals surface area contributed by atoms with Gasteiger partial charge in [0.1, 0.15) is 0 Å². The van der Waals surface area contributed by atoms with Crippen LogP contribution in [0.15, 0.2) is 78.9 Å². The Morgan fingerprint density at radius 2 is 1.36 bits per heavy atom. The quantitative estimate of drug-likeness (QED) is 0.715. The zero-order chi connectivity index (χ0) is 17.4. The van der Waals surface area contributed by atoms with Crippen LogP contribution in [0.1, 0.15) is 5.56 Å². The molecule has 4 rings (SSSR count). The van der Waals surface area contributed by atoms with Gasteiger partial charge in [-0.15, -0.1) is 0 Å². The predicted molar refractivity (Wildman–Crippen MR) is 102 cm³/mol. The molecule has 1 aliphatic heterocycles. The van der Waals surface area contributed by atoms with E-state index in [-0.39, 0.29) is 0 Å². The van der Waals surface area contributed by atoms with Crippen LogP contribution in [0.3, 0.4) is 0 Å². The van der Waals surface area contributed by atoms with Crippen LogP contribution in [0.4, 0.5) is 11.4 Å². The summed E-state index contributed by atoms with van der Waals surface area (Å²) in [5.41, 5.74) is 4.52. The van der Waals surface area contributed by atoms with Gasteiger partial charge in [-0.25, -0.2) is 4.31 Å². The second kappa shape index (κ2) is 5.93. The van der Waals surface area contributed by atoms with Crippen molar-refractivity contribution in [1.82, 2.24) is 0 Å². The molecule has 0 bridgehead atoms. The van der Waals surface area contributed by atoms with Crippen LogP contribution in [0, 0.1) is 0 Å². The van der Waals surface area contributed by atoms with Crippen LogP contribution < -0.4 is 8.61 Å². The van der Waals surface area contributed by atoms with Crippen molar-refractivity contribution in [1.29, 1.82) is 0 Å². The average Bonchev–Trinajstić information content (AvgIpc) is 2.84. The number of hydrogen-bond donors (Lipinski definition) is 0. The largest absolute Gasteiger partial charge is 0.326 e. The molecule has 3 aromatic carbocycles. The first-order chi connectivity index (χ1) is 12.1. The van der Waals surface area contributed by atoms with E-state index in [0.717, 1.165) is 16.7 Å². The smallest absolute Gasteiger partial charge is 0.254 e. The van der Waals surface area contributed by atoms with Gasteiger partial charge in [0.05, 0.1) is 17.9 Å². The fourth-order valence-corrected chi connectivity index (χ4v) is 4.62. The van der Waals surface area contributed by atoms with Gasteiger partial charge in [-0.3, -0.25) is 4.31 Å². The van der Waals surface area contributed by atoms with E-state index in [0.29, 0.717) is 17.9 Å². The zero-order valence-electron chi connectivity index (χ0n) is 13.8. The number of para-hydroxylation sites is 2. The minimum absolute atomic E-state index is 0.300. The van der Waals surface area contributed by atoms with Crippen LogP contribution in [-0.4, -0.2) is 15.5 Å². The van der Waals surface area contributed by atoms with Crippen molar-refractivity contribution in [3.05, 3.63) is 84.4 Å². The standard InChI is InChI=1S/C20H18N2O2S/c1-21-19-13-7-8-14-20(19)22(25(21,23)24)15-17-11-5-6-12-18(17)16-9-3-2-4-10-16/h2-14H,15H2,1H3. The van der Waals surface area contributed by atoms with Crippen molar-refractivity contribution in [2.24, 2.45) is 0 Å². The monoisotopic (exact) mass is 350 g/mol. The van der Waals surface area contributed by atoms with Gasteiger partial charge in [-0.05, 0) is 28.8 Å². The van der Waals surface area contributed by atoms with Gasteiger partial charge in [-0.2, -0.15) is 8.42 Å². The molecule has 0 aromatic heterocycles. The molecule has 5 heteroatoms. The molecule has 0 spiro atoms. The number of nitrogens with zero attached hydrogens (tertiary/aromatic N) is 2. The fraction of sp³-hybridized carbons (Fsp3) is 0.100. The van der Waals surface area contributed by atoms with Gasteiger partial charge >= 0.3 is 10.2 Å². The summed E-state index contributed by atoms with van der Waals surface area (Å²) in [5, 5.41) is 0. The summed E-state index contributed by atoms with van der Waals surface area (Å²) in [7, 11) is -1.96. The van der Waals surface area contributed by atoms with Gasteiger partial charge in [0, 0.05) is 7.05 Å². The molecule has 25 heavy (non-hydrogen) atoms. The molecular formula is C20H18N2O2S. The van der Waals surface area contributed by atoms with E-state index in [2.05, 4.69) is 0 Å². The van der Waals surface area contributed by atoms with Gasteiger partial charge in [0.15, 0.2) is 0 Å². The lowest BCUT2D eigenvalue weighted by Gasteiger charge is -2.21. The summed E-state index contributed by atoms with van der Waals surface area (Å²) in [6.07, 6.45) is 0. The highest BCUT2D eigenvalue weighted by Crippen LogP contribution is 2.41. The molecule has 0 fully saturated rings. The molecule has 0 atom stereocenters. The van der Waals surface area contributed by atoms with Gasteiger partial charge in [0.2, 0.25) is 0 Å². The normalized spacial score (nSPS) is 15.2. The second-order valence-corrected chi connectivity index (χ2v) is 7.88. The Morgan fingerprint density at radius 1 is 0.760 bits per heavy atom. The Balaban J connectivity index is 1.79. The average molecular weight is 350 g/mol. The van der Waals surface area contributed by atoms with Crippen molar-refractivity contribution in [3.8, 4) is 11.1 Å². The fourth-order valence-electron chi connectivity index (χ4n) is 3.22. The van der Waals surface area contributed by atoms with Crippen molar-refractivity contribution >= 4 is 21.6 Å². The van der Waals surface area contributed by atoms with Crippen LogP contribution in [0.25, 0.3) is 11.1 Å². The Labute approximate surface area is 148 Å². The number of benzene rings is 3. The maximum atomic E-state index is 12.9. The molecule has 126 valence electrons. The van der Waals surface area contributed by atoms with Gasteiger partial charge in [0.25, 0.3) is 0 Å². The van der Waals surface area contributed by atoms with Crippen LogP contribution >= 0.6 is 0 Å². The molecule has 0 saturated carbocycles. The molecule has 0 unspecified atom stereocenters. The Kier molecular flexibility index (Phi) is 3.73. The van der Waals surface area contributed by atoms with Gasteiger partial charge in [-0.1, -0.05) is 66.7 Å². The van der Waals surface area contributed by atoms with Crippen LogP contribution in [0.2, 0.25) is 0 Å². The number of anilines is 2. The third-order valence-electron chi connectivity index (χ3n) is 4.53. The van der Waals surface area contributed by atoms with Crippen molar-refractivity contribution in [2.75, 3.05) is 15.7 Å². The first kappa shape index (κ1) is 15.7. The molecule has 1 heterocycles. The molecule has 0 saturated heterocycles. The highest BCUT2D eigenvalue weighted by Gasteiger charge is 2.37. The van der Waals surface area contributed by atoms with E-state index in [1.54, 1.807) is 7.05 Å². The number of fused-ring (bicyclic) bond motifs is 1. The zero-order valence-corrected chi connectivity index (χ0v) is 14.6. The van der Waals surface area contributed by atoms with E-state index in [1.807, 2.05) is 78.9 Å². The van der Waals surface area contributed by atoms with Crippen molar-refractivity contribution in [2.45, 2.75) is 6.54 Å². The first-order valence-electron chi connectivity index (χ1n) is 8.08. The Morgan fingerprint density at radius 3 is 2.12 bits per heavy atom. The summed E-state index contributed by atoms with van der Waals surface area (Å²) in [6, 6.07) is 25.4. The molecular weight excluding hydrogens is 332 g/mol. The predicted octanol–water partition coefficient (Wildman–Crippen LogP) is 4.05. The highest BCUT2D eigenvalue weighted by molar-refractivity contribution is 7.94. The molecule has 3 aromatic rings. The number of rotatable bonds is 3. The van der Waals surface area contributed by atoms with E-state index >= 15 is 0 Å². The molecule has 0 amide bonds. The topological polar surface area (TPSA) is 40.6 Å². The van der Waals surface area contributed by atoms with Crippen LogP contribution in [0.5, 0.6) is 0 Å². The van der Waals surface area contributed by atoms with E-state index in [4.69, 9.17) is 0 Å². The minimum atomic E-state index is -3.56. The van der Waals surface area contributed by atoms with E-state index in [9.17, 15) is 8.42 Å². The molecule has 0 aliphatic carbocycles. The third-order valence-corrected chi connectivity index (χ3v) is 6.30. The van der Waals surface area contributed by atoms with Crippen molar-refractivity contribution < 1.29 is 8.42 Å². The van der Waals surface area contributed by atoms with Crippen LogP contribution in [-0.2, 0) is 16.8 Å². The third kappa shape index (κ3) is 2.57. The Bertz CT molecular complexity index is 1020. The van der Waals surface area contributed by atoms with Gasteiger partial charge < -0.3 is 0 Å².